The lowest BCUT2D eigenvalue weighted by molar-refractivity contribution is 0.289. The Morgan fingerprint density at radius 2 is 2.00 bits per heavy atom. The molecule has 0 spiro atoms. The minimum absolute atomic E-state index is 0.0160. The number of methoxy groups -OCH3 is 2. The first-order valence-electron chi connectivity index (χ1n) is 5.37. The first-order chi connectivity index (χ1) is 8.55. The van der Waals surface area contributed by atoms with Crippen molar-refractivity contribution < 1.29 is 23.0 Å². The first-order valence-corrected chi connectivity index (χ1v) is 6.86. The zero-order valence-electron chi connectivity index (χ0n) is 10.3. The number of aliphatic hydroxyl groups excluding tert-OH is 1. The molecule has 0 aromatic heterocycles. The van der Waals surface area contributed by atoms with E-state index in [9.17, 15) is 8.42 Å². The predicted molar refractivity (Wildman–Crippen MR) is 66.4 cm³/mol. The van der Waals surface area contributed by atoms with Crippen molar-refractivity contribution in [3.8, 4) is 11.5 Å². The van der Waals surface area contributed by atoms with Gasteiger partial charge in [0.1, 0.15) is 16.4 Å². The second kappa shape index (κ2) is 6.58. The molecule has 0 saturated carbocycles. The lowest BCUT2D eigenvalue weighted by Crippen LogP contribution is -2.25. The Morgan fingerprint density at radius 3 is 2.56 bits per heavy atom. The normalized spacial score (nSPS) is 11.3. The lowest BCUT2D eigenvalue weighted by atomic mass is 10.3. The zero-order valence-corrected chi connectivity index (χ0v) is 11.2. The predicted octanol–water partition coefficient (Wildman–Crippen LogP) is 0.365. The van der Waals surface area contributed by atoms with E-state index in [0.717, 1.165) is 0 Å². The summed E-state index contributed by atoms with van der Waals surface area (Å²) in [6.07, 6.45) is 0.353. The van der Waals surface area contributed by atoms with E-state index in [1.54, 1.807) is 6.07 Å². The molecular formula is C11H17NO5S. The molecular weight excluding hydrogens is 258 g/mol. The van der Waals surface area contributed by atoms with Crippen LogP contribution < -0.4 is 14.2 Å². The SMILES string of the molecule is COc1ccc(OC)c(S(=O)(=O)NCCCO)c1. The summed E-state index contributed by atoms with van der Waals surface area (Å²) in [5.41, 5.74) is 0. The van der Waals surface area contributed by atoms with Gasteiger partial charge in [0.05, 0.1) is 14.2 Å². The Kier molecular flexibility index (Phi) is 5.39. The fourth-order valence-corrected chi connectivity index (χ4v) is 2.61. The zero-order chi connectivity index (χ0) is 13.6. The Hall–Kier alpha value is -1.31. The molecule has 0 atom stereocenters. The molecule has 6 nitrogen and oxygen atoms in total. The van der Waals surface area contributed by atoms with Crippen LogP contribution in [-0.4, -0.2) is 40.9 Å². The quantitative estimate of drug-likeness (QED) is 0.702. The fourth-order valence-electron chi connectivity index (χ4n) is 1.36. The van der Waals surface area contributed by atoms with Crippen LogP contribution in [0.3, 0.4) is 0 Å². The van der Waals surface area contributed by atoms with Crippen molar-refractivity contribution in [2.75, 3.05) is 27.4 Å². The number of aliphatic hydroxyl groups is 1. The number of sulfonamides is 1. The minimum Gasteiger partial charge on any atom is -0.497 e. The van der Waals surface area contributed by atoms with Crippen molar-refractivity contribution >= 4 is 10.0 Å². The third-order valence-electron chi connectivity index (χ3n) is 2.29. The smallest absolute Gasteiger partial charge is 0.244 e. The number of hydrogen-bond donors (Lipinski definition) is 2. The van der Waals surface area contributed by atoms with E-state index < -0.39 is 10.0 Å². The van der Waals surface area contributed by atoms with Crippen LogP contribution in [0.15, 0.2) is 23.1 Å². The van der Waals surface area contributed by atoms with Crippen molar-refractivity contribution in [3.63, 3.8) is 0 Å². The second-order valence-corrected chi connectivity index (χ2v) is 5.23. The van der Waals surface area contributed by atoms with Crippen molar-refractivity contribution in [1.29, 1.82) is 0 Å². The summed E-state index contributed by atoms with van der Waals surface area (Å²) in [5.74, 6) is 0.672. The third-order valence-corrected chi connectivity index (χ3v) is 3.77. The molecule has 18 heavy (non-hydrogen) atoms. The maximum absolute atomic E-state index is 12.0. The van der Waals surface area contributed by atoms with Crippen molar-refractivity contribution in [1.82, 2.24) is 4.72 Å². The topological polar surface area (TPSA) is 84.9 Å². The first kappa shape index (κ1) is 14.7. The highest BCUT2D eigenvalue weighted by atomic mass is 32.2. The van der Waals surface area contributed by atoms with Gasteiger partial charge in [-0.2, -0.15) is 0 Å². The Bertz CT molecular complexity index is 486. The molecule has 1 aromatic carbocycles. The maximum atomic E-state index is 12.0. The van der Waals surface area contributed by atoms with E-state index >= 15 is 0 Å². The summed E-state index contributed by atoms with van der Waals surface area (Å²) in [6.45, 7) is 0.0942. The molecule has 0 aliphatic rings. The van der Waals surface area contributed by atoms with Gasteiger partial charge in [0, 0.05) is 19.2 Å². The molecule has 0 fully saturated rings. The molecule has 0 saturated heterocycles. The van der Waals surface area contributed by atoms with Gasteiger partial charge >= 0.3 is 0 Å². The number of nitrogens with one attached hydrogen (secondary N) is 1. The van der Waals surface area contributed by atoms with E-state index in [0.29, 0.717) is 12.2 Å². The summed E-state index contributed by atoms with van der Waals surface area (Å²) < 4.78 is 36.4. The Labute approximate surface area is 107 Å². The van der Waals surface area contributed by atoms with Crippen molar-refractivity contribution in [3.05, 3.63) is 18.2 Å². The summed E-state index contributed by atoms with van der Waals surface area (Å²) in [5, 5.41) is 8.64. The van der Waals surface area contributed by atoms with E-state index in [2.05, 4.69) is 4.72 Å². The minimum atomic E-state index is -3.67. The van der Waals surface area contributed by atoms with Crippen LogP contribution in [0.1, 0.15) is 6.42 Å². The second-order valence-electron chi connectivity index (χ2n) is 3.49. The molecule has 0 heterocycles. The summed E-state index contributed by atoms with van der Waals surface area (Å²) >= 11 is 0. The average Bonchev–Trinajstić information content (AvgIpc) is 2.38. The highest BCUT2D eigenvalue weighted by molar-refractivity contribution is 7.89. The molecule has 0 bridgehead atoms. The van der Waals surface area contributed by atoms with Crippen molar-refractivity contribution in [2.45, 2.75) is 11.3 Å². The average molecular weight is 275 g/mol. The van der Waals surface area contributed by atoms with Gasteiger partial charge in [0.15, 0.2) is 0 Å². The van der Waals surface area contributed by atoms with Crippen LogP contribution in [-0.2, 0) is 10.0 Å². The van der Waals surface area contributed by atoms with E-state index in [1.807, 2.05) is 0 Å². The standard InChI is InChI=1S/C11H17NO5S/c1-16-9-4-5-10(17-2)11(8-9)18(14,15)12-6-3-7-13/h4-5,8,12-13H,3,6-7H2,1-2H3. The highest BCUT2D eigenvalue weighted by Crippen LogP contribution is 2.27. The van der Waals surface area contributed by atoms with Crippen LogP contribution in [0.5, 0.6) is 11.5 Å². The Balaban J connectivity index is 3.05. The monoisotopic (exact) mass is 275 g/mol. The molecule has 1 rings (SSSR count). The van der Waals surface area contributed by atoms with Gasteiger partial charge in [0.2, 0.25) is 10.0 Å². The number of ether oxygens (including phenoxy) is 2. The number of rotatable bonds is 7. The molecule has 0 amide bonds. The van der Waals surface area contributed by atoms with Crippen molar-refractivity contribution in [2.24, 2.45) is 0 Å². The summed E-state index contributed by atoms with van der Waals surface area (Å²) in [4.78, 5) is 0.0160. The highest BCUT2D eigenvalue weighted by Gasteiger charge is 2.19. The van der Waals surface area contributed by atoms with E-state index in [1.165, 1.54) is 26.4 Å². The van der Waals surface area contributed by atoms with Crippen LogP contribution >= 0.6 is 0 Å². The summed E-state index contributed by atoms with van der Waals surface area (Å²) in [6, 6.07) is 4.53. The molecule has 0 aliphatic carbocycles. The molecule has 0 aliphatic heterocycles. The molecule has 0 radical (unpaired) electrons. The van der Waals surface area contributed by atoms with E-state index in [-0.39, 0.29) is 23.8 Å². The van der Waals surface area contributed by atoms with Gasteiger partial charge in [-0.25, -0.2) is 13.1 Å². The maximum Gasteiger partial charge on any atom is 0.244 e. The van der Waals surface area contributed by atoms with E-state index in [4.69, 9.17) is 14.6 Å². The van der Waals surface area contributed by atoms with Gasteiger partial charge in [-0.3, -0.25) is 0 Å². The van der Waals surface area contributed by atoms with Crippen LogP contribution in [0.25, 0.3) is 0 Å². The fraction of sp³-hybridized carbons (Fsp3) is 0.455. The van der Waals surface area contributed by atoms with Gasteiger partial charge in [0.25, 0.3) is 0 Å². The van der Waals surface area contributed by atoms with Crippen LogP contribution in [0.4, 0.5) is 0 Å². The van der Waals surface area contributed by atoms with Crippen LogP contribution in [0.2, 0.25) is 0 Å². The van der Waals surface area contributed by atoms with Gasteiger partial charge in [-0.15, -0.1) is 0 Å². The van der Waals surface area contributed by atoms with Gasteiger partial charge < -0.3 is 14.6 Å². The van der Waals surface area contributed by atoms with Crippen LogP contribution in [0, 0.1) is 0 Å². The molecule has 2 N–H and O–H groups in total. The largest absolute Gasteiger partial charge is 0.497 e. The summed E-state index contributed by atoms with van der Waals surface area (Å²) in [7, 11) is -0.821. The molecule has 7 heteroatoms. The molecule has 1 aromatic rings. The van der Waals surface area contributed by atoms with Gasteiger partial charge in [-0.05, 0) is 18.6 Å². The lowest BCUT2D eigenvalue weighted by Gasteiger charge is -2.11. The molecule has 0 unspecified atom stereocenters. The number of benzene rings is 1. The number of hydrogen-bond acceptors (Lipinski definition) is 5. The van der Waals surface area contributed by atoms with Gasteiger partial charge in [-0.1, -0.05) is 0 Å². The molecule has 102 valence electrons. The third kappa shape index (κ3) is 3.59. The Morgan fingerprint density at radius 1 is 1.28 bits per heavy atom.